The molecule has 3 nitrogen and oxygen atoms in total. The lowest BCUT2D eigenvalue weighted by Gasteiger charge is -2.17. The predicted octanol–water partition coefficient (Wildman–Crippen LogP) is 0.769. The van der Waals surface area contributed by atoms with Crippen LogP contribution in [0.3, 0.4) is 0 Å². The Kier molecular flexibility index (Phi) is 2.65. The van der Waals surface area contributed by atoms with E-state index in [-0.39, 0.29) is 6.04 Å². The van der Waals surface area contributed by atoms with E-state index in [1.807, 2.05) is 13.1 Å². The molecule has 0 amide bonds. The molecule has 0 aromatic carbocycles. The quantitative estimate of drug-likeness (QED) is 0.619. The third kappa shape index (κ3) is 2.05. The highest BCUT2D eigenvalue weighted by Gasteiger charge is 2.15. The molecule has 1 aliphatic carbocycles. The molecular weight excluding hydrogens is 142 g/mol. The van der Waals surface area contributed by atoms with E-state index >= 15 is 0 Å². The Morgan fingerprint density at radius 2 is 2.55 bits per heavy atom. The first-order valence-corrected chi connectivity index (χ1v) is 3.85. The Hall–Kier alpha value is -0.830. The summed E-state index contributed by atoms with van der Waals surface area (Å²) in [6, 6.07) is 0.259. The van der Waals surface area contributed by atoms with Gasteiger partial charge in [0.15, 0.2) is 0 Å². The first-order chi connectivity index (χ1) is 5.24. The lowest BCUT2D eigenvalue weighted by atomic mass is 9.96. The minimum atomic E-state index is -0.773. The molecule has 0 unspecified atom stereocenters. The van der Waals surface area contributed by atoms with Gasteiger partial charge < -0.3 is 10.4 Å². The number of rotatable bonds is 2. The second-order valence-corrected chi connectivity index (χ2v) is 2.78. The van der Waals surface area contributed by atoms with Gasteiger partial charge in [-0.3, -0.25) is 0 Å². The molecule has 0 saturated carbocycles. The van der Waals surface area contributed by atoms with Crippen molar-refractivity contribution in [3.8, 4) is 0 Å². The monoisotopic (exact) mass is 155 g/mol. The summed E-state index contributed by atoms with van der Waals surface area (Å²) in [4.78, 5) is 10.5. The summed E-state index contributed by atoms with van der Waals surface area (Å²) in [7, 11) is 1.85. The maximum atomic E-state index is 10.5. The molecule has 0 spiro atoms. The number of nitrogens with one attached hydrogen (secondary N) is 1. The zero-order chi connectivity index (χ0) is 8.27. The van der Waals surface area contributed by atoms with Crippen LogP contribution >= 0.6 is 0 Å². The molecule has 62 valence electrons. The third-order valence-corrected chi connectivity index (χ3v) is 2.01. The number of carbonyl (C=O) groups is 1. The van der Waals surface area contributed by atoms with Crippen LogP contribution in [-0.2, 0) is 4.79 Å². The van der Waals surface area contributed by atoms with E-state index in [0.29, 0.717) is 12.0 Å². The SMILES string of the molecule is CN[C@@H]1C=C(C(=O)O)CCC1. The van der Waals surface area contributed by atoms with Crippen LogP contribution in [0.2, 0.25) is 0 Å². The molecule has 0 aromatic heterocycles. The van der Waals surface area contributed by atoms with Gasteiger partial charge in [-0.25, -0.2) is 4.79 Å². The number of aliphatic carboxylic acids is 1. The second kappa shape index (κ2) is 3.53. The van der Waals surface area contributed by atoms with Crippen molar-refractivity contribution in [2.24, 2.45) is 0 Å². The van der Waals surface area contributed by atoms with Gasteiger partial charge in [-0.15, -0.1) is 0 Å². The van der Waals surface area contributed by atoms with Gasteiger partial charge >= 0.3 is 5.97 Å². The van der Waals surface area contributed by atoms with Crippen LogP contribution in [0.25, 0.3) is 0 Å². The van der Waals surface area contributed by atoms with E-state index in [2.05, 4.69) is 5.32 Å². The molecule has 1 rings (SSSR count). The topological polar surface area (TPSA) is 49.3 Å². The van der Waals surface area contributed by atoms with Gasteiger partial charge in [-0.05, 0) is 26.3 Å². The van der Waals surface area contributed by atoms with Gasteiger partial charge in [0.05, 0.1) is 0 Å². The van der Waals surface area contributed by atoms with Gasteiger partial charge in [0.25, 0.3) is 0 Å². The Labute approximate surface area is 66.1 Å². The highest BCUT2D eigenvalue weighted by Crippen LogP contribution is 2.17. The number of hydrogen-bond donors (Lipinski definition) is 2. The maximum Gasteiger partial charge on any atom is 0.331 e. The molecule has 2 N–H and O–H groups in total. The molecule has 0 aromatic rings. The smallest absolute Gasteiger partial charge is 0.331 e. The fourth-order valence-electron chi connectivity index (χ4n) is 1.33. The highest BCUT2D eigenvalue weighted by atomic mass is 16.4. The lowest BCUT2D eigenvalue weighted by molar-refractivity contribution is -0.132. The van der Waals surface area contributed by atoms with Crippen LogP contribution in [0.5, 0.6) is 0 Å². The summed E-state index contributed by atoms with van der Waals surface area (Å²) in [5.41, 5.74) is 0.551. The Morgan fingerprint density at radius 3 is 3.09 bits per heavy atom. The molecule has 0 saturated heterocycles. The molecule has 11 heavy (non-hydrogen) atoms. The van der Waals surface area contributed by atoms with Crippen molar-refractivity contribution in [3.63, 3.8) is 0 Å². The van der Waals surface area contributed by atoms with Crippen LogP contribution in [0.1, 0.15) is 19.3 Å². The largest absolute Gasteiger partial charge is 0.478 e. The molecule has 0 aliphatic heterocycles. The minimum absolute atomic E-state index is 0.259. The van der Waals surface area contributed by atoms with Gasteiger partial charge in [-0.1, -0.05) is 6.08 Å². The van der Waals surface area contributed by atoms with E-state index in [1.165, 1.54) is 0 Å². The van der Waals surface area contributed by atoms with Crippen LogP contribution in [0.4, 0.5) is 0 Å². The number of likely N-dealkylation sites (N-methyl/N-ethyl adjacent to an activating group) is 1. The Balaban J connectivity index is 2.64. The molecule has 0 fully saturated rings. The van der Waals surface area contributed by atoms with Gasteiger partial charge in [-0.2, -0.15) is 0 Å². The van der Waals surface area contributed by atoms with Gasteiger partial charge in [0.2, 0.25) is 0 Å². The summed E-state index contributed by atoms with van der Waals surface area (Å²) >= 11 is 0. The highest BCUT2D eigenvalue weighted by molar-refractivity contribution is 5.86. The molecule has 0 heterocycles. The third-order valence-electron chi connectivity index (χ3n) is 2.01. The summed E-state index contributed by atoms with van der Waals surface area (Å²) < 4.78 is 0. The summed E-state index contributed by atoms with van der Waals surface area (Å²) in [5.74, 6) is -0.773. The minimum Gasteiger partial charge on any atom is -0.478 e. The normalized spacial score (nSPS) is 24.5. The zero-order valence-corrected chi connectivity index (χ0v) is 6.63. The standard InChI is InChI=1S/C8H13NO2/c1-9-7-4-2-3-6(5-7)8(10)11/h5,7,9H,2-4H2,1H3,(H,10,11)/t7-/m0/s1. The maximum absolute atomic E-state index is 10.5. The van der Waals surface area contributed by atoms with Crippen LogP contribution in [0, 0.1) is 0 Å². The van der Waals surface area contributed by atoms with Gasteiger partial charge in [0.1, 0.15) is 0 Å². The average Bonchev–Trinajstić information content (AvgIpc) is 2.05. The average molecular weight is 155 g/mol. The molecule has 3 heteroatoms. The molecular formula is C8H13NO2. The predicted molar refractivity (Wildman–Crippen MR) is 42.4 cm³/mol. The summed E-state index contributed by atoms with van der Waals surface area (Å²) in [6.07, 6.45) is 4.55. The molecule has 0 radical (unpaired) electrons. The van der Waals surface area contributed by atoms with Crippen LogP contribution < -0.4 is 5.32 Å². The molecule has 1 aliphatic rings. The van der Waals surface area contributed by atoms with Gasteiger partial charge in [0, 0.05) is 11.6 Å². The van der Waals surface area contributed by atoms with Crippen molar-refractivity contribution in [2.45, 2.75) is 25.3 Å². The molecule has 1 atom stereocenters. The van der Waals surface area contributed by atoms with Crippen molar-refractivity contribution in [1.82, 2.24) is 5.32 Å². The molecule has 0 bridgehead atoms. The van der Waals surface area contributed by atoms with E-state index in [1.54, 1.807) is 0 Å². The number of carboxylic acid groups (broad SMARTS) is 1. The van der Waals surface area contributed by atoms with Crippen LogP contribution in [-0.4, -0.2) is 24.2 Å². The van der Waals surface area contributed by atoms with Crippen molar-refractivity contribution < 1.29 is 9.90 Å². The fourth-order valence-corrected chi connectivity index (χ4v) is 1.33. The first-order valence-electron chi connectivity index (χ1n) is 3.85. The van der Waals surface area contributed by atoms with E-state index in [4.69, 9.17) is 5.11 Å². The zero-order valence-electron chi connectivity index (χ0n) is 6.63. The van der Waals surface area contributed by atoms with E-state index in [0.717, 1.165) is 12.8 Å². The Morgan fingerprint density at radius 1 is 1.82 bits per heavy atom. The second-order valence-electron chi connectivity index (χ2n) is 2.78. The fraction of sp³-hybridized carbons (Fsp3) is 0.625. The van der Waals surface area contributed by atoms with E-state index < -0.39 is 5.97 Å². The summed E-state index contributed by atoms with van der Waals surface area (Å²) in [6.45, 7) is 0. The van der Waals surface area contributed by atoms with Crippen molar-refractivity contribution in [1.29, 1.82) is 0 Å². The van der Waals surface area contributed by atoms with Crippen molar-refractivity contribution in [3.05, 3.63) is 11.6 Å². The van der Waals surface area contributed by atoms with Crippen molar-refractivity contribution >= 4 is 5.97 Å². The van der Waals surface area contributed by atoms with Crippen molar-refractivity contribution in [2.75, 3.05) is 7.05 Å². The first kappa shape index (κ1) is 8.27. The van der Waals surface area contributed by atoms with E-state index in [9.17, 15) is 4.79 Å². The number of carboxylic acids is 1. The Bertz CT molecular complexity index is 187. The van der Waals surface area contributed by atoms with Crippen LogP contribution in [0.15, 0.2) is 11.6 Å². The number of hydrogen-bond acceptors (Lipinski definition) is 2. The lowest BCUT2D eigenvalue weighted by Crippen LogP contribution is -2.26. The summed E-state index contributed by atoms with van der Waals surface area (Å²) in [5, 5.41) is 11.7.